The van der Waals surface area contributed by atoms with Crippen molar-refractivity contribution < 1.29 is 33.4 Å². The summed E-state index contributed by atoms with van der Waals surface area (Å²) in [7, 11) is 0. The van der Waals surface area contributed by atoms with Gasteiger partial charge in [-0.3, -0.25) is 24.2 Å². The molecule has 45 heavy (non-hydrogen) atoms. The summed E-state index contributed by atoms with van der Waals surface area (Å²) in [5.41, 5.74) is 3.28. The Morgan fingerprint density at radius 1 is 1.07 bits per heavy atom. The minimum Gasteiger partial charge on any atom is -0.489 e. The predicted octanol–water partition coefficient (Wildman–Crippen LogP) is 4.29. The average molecular weight is 684 g/mol. The summed E-state index contributed by atoms with van der Waals surface area (Å²) in [5.74, 6) is 0.328. The maximum absolute atomic E-state index is 13.5. The Balaban J connectivity index is 1.37. The molecule has 11 nitrogen and oxygen atoms in total. The number of carbonyl (C=O) groups excluding carboxylic acids is 3. The van der Waals surface area contributed by atoms with E-state index in [9.17, 15) is 14.4 Å². The van der Waals surface area contributed by atoms with Crippen molar-refractivity contribution in [3.05, 3.63) is 63.6 Å². The number of ether oxygens (including phenoxy) is 3. The van der Waals surface area contributed by atoms with Gasteiger partial charge in [0.1, 0.15) is 31.0 Å². The number of thioether (sulfide) groups is 1. The number of nitrogens with one attached hydrogen (secondary N) is 2. The fourth-order valence-electron chi connectivity index (χ4n) is 4.54. The van der Waals surface area contributed by atoms with E-state index in [2.05, 4.69) is 15.7 Å². The van der Waals surface area contributed by atoms with Gasteiger partial charge in [0.2, 0.25) is 5.91 Å². The highest BCUT2D eigenvalue weighted by Crippen LogP contribution is 2.26. The molecular weight excluding hydrogens is 643 g/mol. The zero-order chi connectivity index (χ0) is 32.4. The molecule has 14 heteroatoms. The normalized spacial score (nSPS) is 17.9. The van der Waals surface area contributed by atoms with E-state index in [4.69, 9.17) is 42.3 Å². The molecule has 246 valence electrons. The van der Waals surface area contributed by atoms with Crippen molar-refractivity contribution in [2.75, 3.05) is 51.1 Å². The van der Waals surface area contributed by atoms with Gasteiger partial charge in [-0.25, -0.2) is 10.3 Å². The van der Waals surface area contributed by atoms with Gasteiger partial charge < -0.3 is 19.5 Å². The van der Waals surface area contributed by atoms with Gasteiger partial charge in [0.15, 0.2) is 0 Å². The minimum absolute atomic E-state index is 0.172. The van der Waals surface area contributed by atoms with Gasteiger partial charge in [0.25, 0.3) is 5.91 Å². The molecule has 0 aliphatic carbocycles. The predicted molar refractivity (Wildman–Crippen MR) is 173 cm³/mol. The number of nitrogens with zero attached hydrogens (tertiary/aromatic N) is 2. The van der Waals surface area contributed by atoms with Crippen LogP contribution in [0.1, 0.15) is 31.9 Å². The van der Waals surface area contributed by atoms with Gasteiger partial charge in [-0.1, -0.05) is 41.4 Å². The third-order valence-electron chi connectivity index (χ3n) is 7.06. The molecule has 0 spiro atoms. The Labute approximate surface area is 278 Å². The monoisotopic (exact) mass is 682 g/mol. The van der Waals surface area contributed by atoms with Crippen LogP contribution in [0.25, 0.3) is 0 Å². The van der Waals surface area contributed by atoms with Crippen LogP contribution in [0.3, 0.4) is 0 Å². The summed E-state index contributed by atoms with van der Waals surface area (Å²) in [6.45, 7) is 9.30. The Morgan fingerprint density at radius 3 is 2.42 bits per heavy atom. The number of halogens is 2. The number of hydrogen-bond acceptors (Lipinski definition) is 9. The third kappa shape index (κ3) is 10.9. The number of hydrogen-bond donors (Lipinski definition) is 2. The molecule has 0 aromatic heterocycles. The van der Waals surface area contributed by atoms with E-state index in [0.29, 0.717) is 52.7 Å². The summed E-state index contributed by atoms with van der Waals surface area (Å²) in [6, 6.07) is 10.7. The molecule has 0 radical (unpaired) electrons. The summed E-state index contributed by atoms with van der Waals surface area (Å²) >= 11 is 13.9. The first-order valence-corrected chi connectivity index (χ1v) is 16.7. The third-order valence-corrected chi connectivity index (χ3v) is 8.78. The molecule has 2 N–H and O–H groups in total. The van der Waals surface area contributed by atoms with Crippen LogP contribution in [0.2, 0.25) is 10.0 Å². The molecule has 3 amide bonds. The van der Waals surface area contributed by atoms with Crippen LogP contribution in [0.4, 0.5) is 4.79 Å². The van der Waals surface area contributed by atoms with Crippen LogP contribution < -0.4 is 15.5 Å². The molecule has 2 fully saturated rings. The van der Waals surface area contributed by atoms with E-state index >= 15 is 0 Å². The summed E-state index contributed by atoms with van der Waals surface area (Å²) in [6.07, 6.45) is -0.384. The van der Waals surface area contributed by atoms with E-state index in [1.165, 1.54) is 16.7 Å². The van der Waals surface area contributed by atoms with Crippen molar-refractivity contribution in [1.29, 1.82) is 0 Å². The SMILES string of the molecule is CC(C)(C)ONC(=O)[C@H](Cc1ccc(OCc2c(Cl)cccc2Cl)cc1)NC(=O)[C@H]1CSCN1C(=O)OCCN1CCOCC1. The molecule has 2 aliphatic heterocycles. The molecule has 0 bridgehead atoms. The van der Waals surface area contributed by atoms with Crippen molar-refractivity contribution in [1.82, 2.24) is 20.6 Å². The van der Waals surface area contributed by atoms with Crippen LogP contribution >= 0.6 is 35.0 Å². The van der Waals surface area contributed by atoms with Crippen molar-refractivity contribution >= 4 is 52.9 Å². The molecule has 2 saturated heterocycles. The highest BCUT2D eigenvalue weighted by molar-refractivity contribution is 7.99. The molecule has 2 heterocycles. The largest absolute Gasteiger partial charge is 0.489 e. The van der Waals surface area contributed by atoms with Crippen LogP contribution in [0.5, 0.6) is 5.75 Å². The number of hydroxylamine groups is 1. The number of rotatable bonds is 12. The fourth-order valence-corrected chi connectivity index (χ4v) is 6.19. The van der Waals surface area contributed by atoms with Gasteiger partial charge in [0, 0.05) is 47.4 Å². The van der Waals surface area contributed by atoms with E-state index in [1.54, 1.807) is 51.1 Å². The lowest BCUT2D eigenvalue weighted by Crippen LogP contribution is -2.55. The van der Waals surface area contributed by atoms with Gasteiger partial charge in [0.05, 0.1) is 24.7 Å². The zero-order valence-corrected chi connectivity index (χ0v) is 28.0. The lowest BCUT2D eigenvalue weighted by atomic mass is 10.0. The Morgan fingerprint density at radius 2 is 1.76 bits per heavy atom. The van der Waals surface area contributed by atoms with Gasteiger partial charge in [-0.15, -0.1) is 11.8 Å². The van der Waals surface area contributed by atoms with Crippen LogP contribution in [0, 0.1) is 0 Å². The lowest BCUT2D eigenvalue weighted by Gasteiger charge is -2.28. The standard InChI is InChI=1S/C31H40Cl2N4O7S/c1-31(2,3)44-35-28(38)26(17-21-7-9-22(10-8-21)43-18-23-24(32)5-4-6-25(23)33)34-29(39)27-19-45-20-37(27)30(40)42-16-13-36-11-14-41-15-12-36/h4-10,26-27H,11-20H2,1-3H3,(H,34,39)(H,35,38)/t26-,27+/m0/s1. The number of morpholine rings is 1. The van der Waals surface area contributed by atoms with E-state index in [0.717, 1.165) is 18.7 Å². The summed E-state index contributed by atoms with van der Waals surface area (Å²) in [5, 5.41) is 3.86. The minimum atomic E-state index is -0.974. The average Bonchev–Trinajstić information content (AvgIpc) is 3.51. The molecular formula is C31H40Cl2N4O7S. The second-order valence-electron chi connectivity index (χ2n) is 11.6. The van der Waals surface area contributed by atoms with Crippen molar-refractivity contribution in [2.24, 2.45) is 0 Å². The maximum atomic E-state index is 13.5. The van der Waals surface area contributed by atoms with Crippen LogP contribution in [0.15, 0.2) is 42.5 Å². The first kappa shape index (κ1) is 35.1. The lowest BCUT2D eigenvalue weighted by molar-refractivity contribution is -0.149. The van der Waals surface area contributed by atoms with E-state index in [-0.39, 0.29) is 19.6 Å². The topological polar surface area (TPSA) is 119 Å². The molecule has 2 aromatic carbocycles. The highest BCUT2D eigenvalue weighted by Gasteiger charge is 2.37. The quantitative estimate of drug-likeness (QED) is 0.316. The Kier molecular flexibility index (Phi) is 13.0. The number of carbonyl (C=O) groups is 3. The van der Waals surface area contributed by atoms with E-state index in [1.807, 2.05) is 12.1 Å². The molecule has 2 aliphatic rings. The maximum Gasteiger partial charge on any atom is 0.411 e. The van der Waals surface area contributed by atoms with Gasteiger partial charge >= 0.3 is 6.09 Å². The summed E-state index contributed by atoms with van der Waals surface area (Å²) < 4.78 is 16.7. The smallest absolute Gasteiger partial charge is 0.411 e. The van der Waals surface area contributed by atoms with Crippen molar-refractivity contribution in [3.63, 3.8) is 0 Å². The second kappa shape index (κ2) is 16.7. The van der Waals surface area contributed by atoms with Crippen LogP contribution in [-0.2, 0) is 36.9 Å². The number of benzene rings is 2. The fraction of sp³-hybridized carbons (Fsp3) is 0.516. The van der Waals surface area contributed by atoms with Gasteiger partial charge in [-0.2, -0.15) is 0 Å². The summed E-state index contributed by atoms with van der Waals surface area (Å²) in [4.78, 5) is 48.6. The molecule has 4 rings (SSSR count). The second-order valence-corrected chi connectivity index (χ2v) is 13.4. The Hall–Kier alpha value is -2.74. The number of amides is 3. The highest BCUT2D eigenvalue weighted by atomic mass is 35.5. The Bertz CT molecular complexity index is 1290. The van der Waals surface area contributed by atoms with Crippen molar-refractivity contribution in [2.45, 2.75) is 51.5 Å². The van der Waals surface area contributed by atoms with Crippen LogP contribution in [-0.4, -0.2) is 96.5 Å². The molecule has 2 aromatic rings. The molecule has 0 unspecified atom stereocenters. The van der Waals surface area contributed by atoms with Crippen molar-refractivity contribution in [3.8, 4) is 5.75 Å². The molecule has 0 saturated carbocycles. The van der Waals surface area contributed by atoms with Gasteiger partial charge in [-0.05, 0) is 50.6 Å². The molecule has 2 atom stereocenters. The first-order valence-electron chi connectivity index (χ1n) is 14.7. The van der Waals surface area contributed by atoms with E-state index < -0.39 is 35.6 Å². The zero-order valence-electron chi connectivity index (χ0n) is 25.7. The first-order chi connectivity index (χ1) is 21.5.